The molecule has 0 radical (unpaired) electrons. The Morgan fingerprint density at radius 1 is 1.33 bits per heavy atom. The Morgan fingerprint density at radius 2 is 2.10 bits per heavy atom. The van der Waals surface area contributed by atoms with E-state index in [0.29, 0.717) is 12.1 Å². The zero-order valence-corrected chi connectivity index (χ0v) is 12.5. The van der Waals surface area contributed by atoms with E-state index in [1.165, 1.54) is 12.1 Å². The lowest BCUT2D eigenvalue weighted by atomic mass is 9.91. The third kappa shape index (κ3) is 4.53. The van der Waals surface area contributed by atoms with Crippen molar-refractivity contribution >= 4 is 0 Å². The molecule has 1 aliphatic carbocycles. The minimum Gasteiger partial charge on any atom is -0.391 e. The number of hydrogen-bond acceptors (Lipinski definition) is 3. The molecule has 21 heavy (non-hydrogen) atoms. The minimum absolute atomic E-state index is 0.153. The molecule has 0 amide bonds. The topological polar surface area (TPSA) is 49.5 Å². The van der Waals surface area contributed by atoms with Crippen molar-refractivity contribution in [1.82, 2.24) is 4.90 Å². The lowest BCUT2D eigenvalue weighted by molar-refractivity contribution is 0.0288. The molecule has 3 N–H and O–H groups in total. The van der Waals surface area contributed by atoms with Gasteiger partial charge >= 0.3 is 0 Å². The fraction of sp³-hybridized carbons (Fsp3) is 0.529. The summed E-state index contributed by atoms with van der Waals surface area (Å²) in [6.07, 6.45) is 3.79. The highest BCUT2D eigenvalue weighted by Crippen LogP contribution is 2.23. The quantitative estimate of drug-likeness (QED) is 0.836. The maximum Gasteiger partial charge on any atom is 0.124 e. The molecule has 4 heteroatoms. The van der Waals surface area contributed by atoms with Crippen molar-refractivity contribution in [3.63, 3.8) is 0 Å². The summed E-state index contributed by atoms with van der Waals surface area (Å²) < 4.78 is 13.7. The summed E-state index contributed by atoms with van der Waals surface area (Å²) in [6, 6.07) is 4.99. The summed E-state index contributed by atoms with van der Waals surface area (Å²) in [5.74, 6) is 5.32. The largest absolute Gasteiger partial charge is 0.391 e. The molecule has 1 fully saturated rings. The van der Waals surface area contributed by atoms with Gasteiger partial charge in [0.1, 0.15) is 5.82 Å². The molecule has 2 rings (SSSR count). The summed E-state index contributed by atoms with van der Waals surface area (Å²) in [5, 5.41) is 10.1. The van der Waals surface area contributed by atoms with Gasteiger partial charge in [-0.1, -0.05) is 24.7 Å². The van der Waals surface area contributed by atoms with E-state index in [1.54, 1.807) is 0 Å². The van der Waals surface area contributed by atoms with Crippen LogP contribution in [0.4, 0.5) is 4.39 Å². The van der Waals surface area contributed by atoms with Crippen LogP contribution in [-0.2, 0) is 6.54 Å². The van der Waals surface area contributed by atoms with Gasteiger partial charge in [0.2, 0.25) is 0 Å². The predicted molar refractivity (Wildman–Crippen MR) is 82.1 cm³/mol. The molecule has 0 bridgehead atoms. The van der Waals surface area contributed by atoms with Crippen molar-refractivity contribution < 1.29 is 9.50 Å². The molecule has 114 valence electrons. The number of halogens is 1. The van der Waals surface area contributed by atoms with E-state index in [1.807, 2.05) is 13.1 Å². The fourth-order valence-electron chi connectivity index (χ4n) is 2.98. The number of aliphatic hydroxyl groups is 1. The third-order valence-electron chi connectivity index (χ3n) is 3.98. The smallest absolute Gasteiger partial charge is 0.124 e. The molecule has 0 aliphatic heterocycles. The Kier molecular flexibility index (Phi) is 5.75. The first-order chi connectivity index (χ1) is 10.1. The second kappa shape index (κ2) is 7.56. The van der Waals surface area contributed by atoms with Crippen LogP contribution in [0.2, 0.25) is 0 Å². The van der Waals surface area contributed by atoms with Gasteiger partial charge in [-0.25, -0.2) is 4.39 Å². The van der Waals surface area contributed by atoms with Crippen molar-refractivity contribution in [2.75, 3.05) is 13.6 Å². The van der Waals surface area contributed by atoms with Gasteiger partial charge in [-0.05, 0) is 43.7 Å². The standard InChI is InChI=1S/C17H23FN2O/c1-20(16-6-2-3-7-17(16)21)12-14-9-13(5-4-8-19)10-15(18)11-14/h9-11,16-17,21H,2-3,6-8,12,19H2,1H3. The van der Waals surface area contributed by atoms with Crippen LogP contribution in [-0.4, -0.2) is 35.7 Å². The zero-order valence-electron chi connectivity index (χ0n) is 12.5. The van der Waals surface area contributed by atoms with Gasteiger partial charge in [0.05, 0.1) is 12.6 Å². The SMILES string of the molecule is CN(Cc1cc(F)cc(C#CCN)c1)C1CCCCC1O. The Labute approximate surface area is 125 Å². The Hall–Kier alpha value is -1.41. The van der Waals surface area contributed by atoms with Crippen LogP contribution in [0.5, 0.6) is 0 Å². The zero-order chi connectivity index (χ0) is 15.2. The molecule has 1 saturated carbocycles. The van der Waals surface area contributed by atoms with Crippen molar-refractivity contribution in [2.45, 2.75) is 44.4 Å². The summed E-state index contributed by atoms with van der Waals surface area (Å²) in [4.78, 5) is 2.11. The molecule has 1 aliphatic rings. The van der Waals surface area contributed by atoms with Crippen molar-refractivity contribution in [1.29, 1.82) is 0 Å². The maximum absolute atomic E-state index is 13.7. The second-order valence-electron chi connectivity index (χ2n) is 5.69. The average molecular weight is 290 g/mol. The first kappa shape index (κ1) is 16.0. The molecule has 0 aromatic heterocycles. The van der Waals surface area contributed by atoms with E-state index in [2.05, 4.69) is 16.7 Å². The summed E-state index contributed by atoms with van der Waals surface area (Å²) in [5.41, 5.74) is 6.86. The molecule has 3 nitrogen and oxygen atoms in total. The van der Waals surface area contributed by atoms with Crippen LogP contribution in [0, 0.1) is 17.7 Å². The number of nitrogens with zero attached hydrogens (tertiary/aromatic N) is 1. The summed E-state index contributed by atoms with van der Waals surface area (Å²) in [6.45, 7) is 0.872. The molecule has 1 aromatic carbocycles. The monoisotopic (exact) mass is 290 g/mol. The lowest BCUT2D eigenvalue weighted by Gasteiger charge is -2.35. The van der Waals surface area contributed by atoms with Gasteiger partial charge in [0.25, 0.3) is 0 Å². The molecular weight excluding hydrogens is 267 g/mol. The fourth-order valence-corrected chi connectivity index (χ4v) is 2.98. The maximum atomic E-state index is 13.7. The predicted octanol–water partition coefficient (Wildman–Crippen LogP) is 1.87. The van der Waals surface area contributed by atoms with Crippen LogP contribution in [0.1, 0.15) is 36.8 Å². The van der Waals surface area contributed by atoms with Crippen molar-refractivity contribution in [2.24, 2.45) is 5.73 Å². The molecule has 0 heterocycles. The molecule has 1 aromatic rings. The molecule has 0 saturated heterocycles. The highest BCUT2D eigenvalue weighted by molar-refractivity contribution is 5.38. The minimum atomic E-state index is -0.286. The lowest BCUT2D eigenvalue weighted by Crippen LogP contribution is -2.42. The van der Waals surface area contributed by atoms with E-state index < -0.39 is 0 Å². The number of aliphatic hydroxyl groups excluding tert-OH is 1. The molecule has 0 spiro atoms. The van der Waals surface area contributed by atoms with Gasteiger partial charge in [-0.2, -0.15) is 0 Å². The van der Waals surface area contributed by atoms with E-state index >= 15 is 0 Å². The first-order valence-corrected chi connectivity index (χ1v) is 7.47. The van der Waals surface area contributed by atoms with Crippen LogP contribution < -0.4 is 5.73 Å². The van der Waals surface area contributed by atoms with Gasteiger partial charge in [0, 0.05) is 18.2 Å². The molecular formula is C17H23FN2O. The Balaban J connectivity index is 2.09. The number of nitrogens with two attached hydrogens (primary N) is 1. The number of rotatable bonds is 3. The molecule has 2 unspecified atom stereocenters. The summed E-state index contributed by atoms with van der Waals surface area (Å²) >= 11 is 0. The van der Waals surface area contributed by atoms with E-state index in [-0.39, 0.29) is 24.5 Å². The van der Waals surface area contributed by atoms with Crippen LogP contribution in [0.3, 0.4) is 0 Å². The molecule has 2 atom stereocenters. The van der Waals surface area contributed by atoms with Gasteiger partial charge in [-0.15, -0.1) is 0 Å². The van der Waals surface area contributed by atoms with Crippen LogP contribution in [0.25, 0.3) is 0 Å². The van der Waals surface area contributed by atoms with Crippen molar-refractivity contribution in [3.05, 3.63) is 35.1 Å². The Bertz CT molecular complexity index is 535. The number of benzene rings is 1. The van der Waals surface area contributed by atoms with E-state index in [4.69, 9.17) is 5.73 Å². The van der Waals surface area contributed by atoms with Crippen LogP contribution in [0.15, 0.2) is 18.2 Å². The second-order valence-corrected chi connectivity index (χ2v) is 5.69. The first-order valence-electron chi connectivity index (χ1n) is 7.47. The summed E-state index contributed by atoms with van der Waals surface area (Å²) in [7, 11) is 1.98. The van der Waals surface area contributed by atoms with E-state index in [9.17, 15) is 9.50 Å². The van der Waals surface area contributed by atoms with Gasteiger partial charge < -0.3 is 10.8 Å². The van der Waals surface area contributed by atoms with Gasteiger partial charge in [-0.3, -0.25) is 4.90 Å². The average Bonchev–Trinajstić information content (AvgIpc) is 2.45. The van der Waals surface area contributed by atoms with Gasteiger partial charge in [0.15, 0.2) is 0 Å². The Morgan fingerprint density at radius 3 is 2.81 bits per heavy atom. The highest BCUT2D eigenvalue weighted by Gasteiger charge is 2.26. The van der Waals surface area contributed by atoms with Crippen LogP contribution >= 0.6 is 0 Å². The van der Waals surface area contributed by atoms with Crippen molar-refractivity contribution in [3.8, 4) is 11.8 Å². The highest BCUT2D eigenvalue weighted by atomic mass is 19.1. The normalized spacial score (nSPS) is 22.0. The number of likely N-dealkylation sites (N-methyl/N-ethyl adjacent to an activating group) is 1. The number of hydrogen-bond donors (Lipinski definition) is 2. The third-order valence-corrected chi connectivity index (χ3v) is 3.98. The van der Waals surface area contributed by atoms with E-state index in [0.717, 1.165) is 31.2 Å².